The number of nitrogens with one attached hydrogen (secondary N) is 2. The Bertz CT molecular complexity index is 1160. The van der Waals surface area contributed by atoms with E-state index in [4.69, 9.17) is 11.6 Å². The first-order chi connectivity index (χ1) is 13.4. The van der Waals surface area contributed by atoms with Gasteiger partial charge in [-0.1, -0.05) is 17.7 Å². The Morgan fingerprint density at radius 3 is 2.54 bits per heavy atom. The van der Waals surface area contributed by atoms with Gasteiger partial charge in [-0.3, -0.25) is 9.59 Å². The molecule has 5 rings (SSSR count). The average Bonchev–Trinajstić information content (AvgIpc) is 3.15. The first-order valence-electron chi connectivity index (χ1n) is 8.97. The summed E-state index contributed by atoms with van der Waals surface area (Å²) in [7, 11) is 0. The van der Waals surface area contributed by atoms with E-state index in [1.165, 1.54) is 0 Å². The Morgan fingerprint density at radius 1 is 1.04 bits per heavy atom. The fourth-order valence-corrected chi connectivity index (χ4v) is 4.51. The van der Waals surface area contributed by atoms with Crippen LogP contribution in [0.1, 0.15) is 28.7 Å². The number of carbonyl (C=O) groups excluding carboxylic acids is 2. The molecule has 7 heteroatoms. The number of aromatic nitrogens is 2. The van der Waals surface area contributed by atoms with Gasteiger partial charge in [0.05, 0.1) is 11.9 Å². The highest BCUT2D eigenvalue weighted by Gasteiger charge is 2.54. The summed E-state index contributed by atoms with van der Waals surface area (Å²) in [5.74, 6) is 0.0478. The zero-order valence-corrected chi connectivity index (χ0v) is 16.1. The minimum absolute atomic E-state index is 0.0116. The van der Waals surface area contributed by atoms with Gasteiger partial charge in [-0.25, -0.2) is 4.68 Å². The van der Waals surface area contributed by atoms with Crippen molar-refractivity contribution in [2.24, 2.45) is 0 Å². The summed E-state index contributed by atoms with van der Waals surface area (Å²) in [4.78, 5) is 25.8. The van der Waals surface area contributed by atoms with Crippen LogP contribution >= 0.6 is 11.6 Å². The molecule has 0 fully saturated rings. The van der Waals surface area contributed by atoms with Crippen LogP contribution in [0.4, 0.5) is 11.5 Å². The van der Waals surface area contributed by atoms with Gasteiger partial charge >= 0.3 is 0 Å². The van der Waals surface area contributed by atoms with Gasteiger partial charge in [-0.15, -0.1) is 0 Å². The molecule has 2 aromatic carbocycles. The second-order valence-electron chi connectivity index (χ2n) is 7.44. The van der Waals surface area contributed by atoms with Crippen molar-refractivity contribution in [3.05, 3.63) is 69.9 Å². The largest absolute Gasteiger partial charge is 0.325 e. The molecule has 6 nitrogen and oxygen atoms in total. The van der Waals surface area contributed by atoms with Gasteiger partial charge in [-0.05, 0) is 60.9 Å². The Hall–Kier alpha value is -3.12. The van der Waals surface area contributed by atoms with Crippen molar-refractivity contribution in [2.75, 3.05) is 10.6 Å². The van der Waals surface area contributed by atoms with E-state index in [1.54, 1.807) is 29.1 Å². The van der Waals surface area contributed by atoms with Crippen molar-refractivity contribution in [3.63, 3.8) is 0 Å². The summed E-state index contributed by atoms with van der Waals surface area (Å²) in [6, 6.07) is 11.3. The van der Waals surface area contributed by atoms with Crippen LogP contribution < -0.4 is 10.6 Å². The van der Waals surface area contributed by atoms with E-state index in [2.05, 4.69) is 21.8 Å². The topological polar surface area (TPSA) is 76.0 Å². The van der Waals surface area contributed by atoms with E-state index < -0.39 is 5.41 Å². The van der Waals surface area contributed by atoms with Crippen LogP contribution in [0.15, 0.2) is 42.6 Å². The molecule has 1 aromatic heterocycles. The maximum absolute atomic E-state index is 13.1. The van der Waals surface area contributed by atoms with Crippen LogP contribution in [0, 0.1) is 13.8 Å². The predicted molar refractivity (Wildman–Crippen MR) is 107 cm³/mol. The fraction of sp³-hybridized carbons (Fsp3) is 0.190. The van der Waals surface area contributed by atoms with Gasteiger partial charge in [0.25, 0.3) is 0 Å². The van der Waals surface area contributed by atoms with Gasteiger partial charge in [0.15, 0.2) is 0 Å². The number of rotatable bonds is 1. The summed E-state index contributed by atoms with van der Waals surface area (Å²) in [5, 5.41) is 10.9. The highest BCUT2D eigenvalue weighted by Crippen LogP contribution is 2.50. The number of halogens is 1. The molecule has 2 aliphatic heterocycles. The van der Waals surface area contributed by atoms with Crippen molar-refractivity contribution in [3.8, 4) is 5.69 Å². The number of hydrogen-bond acceptors (Lipinski definition) is 3. The van der Waals surface area contributed by atoms with E-state index in [0.717, 1.165) is 16.8 Å². The standard InChI is InChI=1S/C21H17ClN4O2/c1-11-5-12(2)7-14(6-11)26-19-16(10-23-26)21(9-18(27)25-19)15-8-13(22)3-4-17(15)24-20(21)28/h3-8,10H,9H2,1-2H3,(H,24,28)(H,25,27)/t21-/m0/s1. The molecule has 0 saturated heterocycles. The summed E-state index contributed by atoms with van der Waals surface area (Å²) < 4.78 is 1.68. The van der Waals surface area contributed by atoms with Gasteiger partial charge in [-0.2, -0.15) is 5.10 Å². The second kappa shape index (κ2) is 5.69. The molecule has 28 heavy (non-hydrogen) atoms. The monoisotopic (exact) mass is 392 g/mol. The van der Waals surface area contributed by atoms with Crippen LogP contribution in [0.25, 0.3) is 5.69 Å². The van der Waals surface area contributed by atoms with Crippen molar-refractivity contribution in [1.82, 2.24) is 9.78 Å². The van der Waals surface area contributed by atoms with Crippen LogP contribution in [0.3, 0.4) is 0 Å². The van der Waals surface area contributed by atoms with Gasteiger partial charge < -0.3 is 10.6 Å². The molecule has 2 N–H and O–H groups in total. The third-order valence-electron chi connectivity index (χ3n) is 5.44. The zero-order valence-electron chi connectivity index (χ0n) is 15.3. The fourth-order valence-electron chi connectivity index (χ4n) is 4.33. The molecule has 1 spiro atoms. The minimum atomic E-state index is -1.13. The minimum Gasteiger partial charge on any atom is -0.325 e. The number of fused-ring (bicyclic) bond motifs is 4. The van der Waals surface area contributed by atoms with Crippen molar-refractivity contribution in [2.45, 2.75) is 25.7 Å². The SMILES string of the molecule is Cc1cc(C)cc(-n2ncc3c2NC(=O)C[C@@]32C(=O)Nc3ccc(Cl)cc32)c1. The highest BCUT2D eigenvalue weighted by molar-refractivity contribution is 6.31. The Kier molecular flexibility index (Phi) is 3.46. The molecule has 3 heterocycles. The van der Waals surface area contributed by atoms with Gasteiger partial charge in [0.1, 0.15) is 11.2 Å². The molecule has 1 atom stereocenters. The van der Waals surface area contributed by atoms with E-state index >= 15 is 0 Å². The van der Waals surface area contributed by atoms with Crippen LogP contribution in [0.5, 0.6) is 0 Å². The quantitative estimate of drug-likeness (QED) is 0.662. The smallest absolute Gasteiger partial charge is 0.240 e. The third kappa shape index (κ3) is 2.24. The lowest BCUT2D eigenvalue weighted by atomic mass is 9.72. The van der Waals surface area contributed by atoms with Crippen molar-refractivity contribution >= 4 is 34.9 Å². The second-order valence-corrected chi connectivity index (χ2v) is 7.88. The molecular weight excluding hydrogens is 376 g/mol. The normalized spacial score (nSPS) is 20.0. The molecule has 0 radical (unpaired) electrons. The number of aryl methyl sites for hydroxylation is 2. The Balaban J connectivity index is 1.77. The van der Waals surface area contributed by atoms with Crippen molar-refractivity contribution in [1.29, 1.82) is 0 Å². The van der Waals surface area contributed by atoms with E-state index in [9.17, 15) is 9.59 Å². The number of benzene rings is 2. The first-order valence-corrected chi connectivity index (χ1v) is 9.35. The number of carbonyl (C=O) groups is 2. The molecule has 2 amide bonds. The third-order valence-corrected chi connectivity index (χ3v) is 5.68. The lowest BCUT2D eigenvalue weighted by Crippen LogP contribution is -2.43. The Labute approximate surface area is 166 Å². The predicted octanol–water partition coefficient (Wildman–Crippen LogP) is 3.72. The summed E-state index contributed by atoms with van der Waals surface area (Å²) in [6.45, 7) is 4.02. The molecule has 0 aliphatic carbocycles. The number of amides is 2. The molecular formula is C21H17ClN4O2. The van der Waals surface area contributed by atoms with E-state index in [0.29, 0.717) is 27.7 Å². The summed E-state index contributed by atoms with van der Waals surface area (Å²) in [5.41, 5.74) is 3.94. The van der Waals surface area contributed by atoms with E-state index in [-0.39, 0.29) is 18.2 Å². The van der Waals surface area contributed by atoms with Gasteiger partial charge in [0.2, 0.25) is 11.8 Å². The number of nitrogens with zero attached hydrogens (tertiary/aromatic N) is 2. The van der Waals surface area contributed by atoms with Gasteiger partial charge in [0, 0.05) is 22.7 Å². The molecule has 140 valence electrons. The van der Waals surface area contributed by atoms with Crippen LogP contribution in [-0.2, 0) is 15.0 Å². The maximum Gasteiger partial charge on any atom is 0.240 e. The first kappa shape index (κ1) is 17.0. The molecule has 3 aromatic rings. The summed E-state index contributed by atoms with van der Waals surface area (Å²) in [6.07, 6.45) is 1.68. The van der Waals surface area contributed by atoms with Crippen LogP contribution in [0.2, 0.25) is 5.02 Å². The number of anilines is 2. The molecule has 2 aliphatic rings. The molecule has 0 bridgehead atoms. The zero-order chi connectivity index (χ0) is 19.6. The lowest BCUT2D eigenvalue weighted by molar-refractivity contribution is -0.125. The molecule has 0 unspecified atom stereocenters. The number of hydrogen-bond donors (Lipinski definition) is 2. The lowest BCUT2D eigenvalue weighted by Gasteiger charge is -2.31. The highest BCUT2D eigenvalue weighted by atomic mass is 35.5. The Morgan fingerprint density at radius 2 is 1.79 bits per heavy atom. The average molecular weight is 393 g/mol. The van der Waals surface area contributed by atoms with E-state index in [1.807, 2.05) is 26.0 Å². The molecule has 0 saturated carbocycles. The van der Waals surface area contributed by atoms with Crippen molar-refractivity contribution < 1.29 is 9.59 Å². The summed E-state index contributed by atoms with van der Waals surface area (Å²) >= 11 is 6.21. The van der Waals surface area contributed by atoms with Crippen LogP contribution in [-0.4, -0.2) is 21.6 Å². The maximum atomic E-state index is 13.1.